The van der Waals surface area contributed by atoms with Crippen molar-refractivity contribution >= 4 is 33.7 Å². The van der Waals surface area contributed by atoms with Crippen LogP contribution in [0, 0.1) is 0 Å². The van der Waals surface area contributed by atoms with Crippen LogP contribution in [0.25, 0.3) is 11.3 Å². The Hall–Kier alpha value is -3.05. The number of nitrogens with zero attached hydrogens (tertiary/aromatic N) is 4. The number of alkyl halides is 3. The summed E-state index contributed by atoms with van der Waals surface area (Å²) in [7, 11) is 0. The summed E-state index contributed by atoms with van der Waals surface area (Å²) >= 11 is 2.49. The lowest BCUT2D eigenvalue weighted by Gasteiger charge is -2.08. The van der Waals surface area contributed by atoms with E-state index in [0.717, 1.165) is 23.4 Å². The highest BCUT2D eigenvalue weighted by Gasteiger charge is 2.30. The second-order valence-electron chi connectivity index (χ2n) is 5.81. The molecule has 29 heavy (non-hydrogen) atoms. The maximum Gasteiger partial charge on any atom is 0.416 e. The Labute approximate surface area is 171 Å². The van der Waals surface area contributed by atoms with Crippen LogP contribution < -0.4 is 10.1 Å². The molecule has 11 heteroatoms. The van der Waals surface area contributed by atoms with Crippen molar-refractivity contribution in [2.45, 2.75) is 12.8 Å². The first-order chi connectivity index (χ1) is 14.0. The van der Waals surface area contributed by atoms with Gasteiger partial charge < -0.3 is 10.1 Å². The third-order valence-corrected chi connectivity index (χ3v) is 5.10. The molecule has 0 aliphatic heterocycles. The zero-order valence-electron chi connectivity index (χ0n) is 14.6. The van der Waals surface area contributed by atoms with E-state index in [9.17, 15) is 13.2 Å². The summed E-state index contributed by atoms with van der Waals surface area (Å²) in [5.41, 5.74) is 1.30. The molecule has 2 aromatic carbocycles. The smallest absolute Gasteiger partial charge is 0.416 e. The summed E-state index contributed by atoms with van der Waals surface area (Å²) in [6, 6.07) is 12.3. The Bertz CT molecular complexity index is 1080. The number of nitrogens with one attached hydrogen (secondary N) is 1. The van der Waals surface area contributed by atoms with Crippen molar-refractivity contribution in [1.82, 2.24) is 19.8 Å². The maximum absolute atomic E-state index is 12.8. The molecule has 2 heterocycles. The largest absolute Gasteiger partial charge is 0.486 e. The zero-order valence-corrected chi connectivity index (χ0v) is 16.2. The van der Waals surface area contributed by atoms with Crippen LogP contribution in [0.15, 0.2) is 53.9 Å². The van der Waals surface area contributed by atoms with Crippen LogP contribution in [0.5, 0.6) is 5.75 Å². The van der Waals surface area contributed by atoms with E-state index in [-0.39, 0.29) is 12.3 Å². The second-order valence-corrected chi connectivity index (χ2v) is 7.48. The lowest BCUT2D eigenvalue weighted by molar-refractivity contribution is -0.137. The standard InChI is InChI=1S/C18H12F3N5OS2/c19-18(20,21)12-2-1-3-13(8-12)22-17-25-24-16(29-17)9-27-14-6-4-11(5-7-14)15-10-28-26-23-15/h1-8,10H,9H2,(H,22,25). The van der Waals surface area contributed by atoms with E-state index in [4.69, 9.17) is 4.74 Å². The Morgan fingerprint density at radius 2 is 1.83 bits per heavy atom. The fourth-order valence-electron chi connectivity index (χ4n) is 2.42. The third kappa shape index (κ3) is 4.87. The van der Waals surface area contributed by atoms with Gasteiger partial charge in [-0.15, -0.1) is 15.3 Å². The van der Waals surface area contributed by atoms with Gasteiger partial charge in [-0.1, -0.05) is 21.9 Å². The van der Waals surface area contributed by atoms with Crippen molar-refractivity contribution in [2.75, 3.05) is 5.32 Å². The molecular weight excluding hydrogens is 423 g/mol. The molecule has 6 nitrogen and oxygen atoms in total. The van der Waals surface area contributed by atoms with Gasteiger partial charge in [-0.3, -0.25) is 0 Å². The minimum Gasteiger partial charge on any atom is -0.486 e. The molecule has 0 spiro atoms. The van der Waals surface area contributed by atoms with Gasteiger partial charge in [-0.2, -0.15) is 13.2 Å². The fourth-order valence-corrected chi connectivity index (χ4v) is 3.56. The van der Waals surface area contributed by atoms with Crippen molar-refractivity contribution in [3.05, 3.63) is 64.5 Å². The predicted molar refractivity (Wildman–Crippen MR) is 104 cm³/mol. The van der Waals surface area contributed by atoms with Gasteiger partial charge in [0.1, 0.15) is 18.1 Å². The van der Waals surface area contributed by atoms with Crippen molar-refractivity contribution in [3.8, 4) is 17.0 Å². The minimum absolute atomic E-state index is 0.194. The molecule has 0 unspecified atom stereocenters. The van der Waals surface area contributed by atoms with E-state index < -0.39 is 11.7 Å². The minimum atomic E-state index is -4.40. The van der Waals surface area contributed by atoms with Crippen molar-refractivity contribution in [3.63, 3.8) is 0 Å². The molecule has 2 aromatic heterocycles. The van der Waals surface area contributed by atoms with Gasteiger partial charge in [0.15, 0.2) is 5.01 Å². The molecule has 4 rings (SSSR count). The second kappa shape index (κ2) is 8.13. The SMILES string of the molecule is FC(F)(F)c1cccc(Nc2nnc(COc3ccc(-c4csnn4)cc3)s2)c1. The van der Waals surface area contributed by atoms with E-state index in [1.165, 1.54) is 35.0 Å². The summed E-state index contributed by atoms with van der Waals surface area (Å²) in [4.78, 5) is 0. The monoisotopic (exact) mass is 435 g/mol. The Kier molecular flexibility index (Phi) is 5.41. The van der Waals surface area contributed by atoms with E-state index >= 15 is 0 Å². The maximum atomic E-state index is 12.8. The van der Waals surface area contributed by atoms with Gasteiger partial charge >= 0.3 is 6.18 Å². The average molecular weight is 435 g/mol. The highest BCUT2D eigenvalue weighted by molar-refractivity contribution is 7.15. The number of halogens is 3. The highest BCUT2D eigenvalue weighted by Crippen LogP contribution is 2.32. The van der Waals surface area contributed by atoms with Gasteiger partial charge in [0.05, 0.1) is 5.56 Å². The number of aromatic nitrogens is 4. The lowest BCUT2D eigenvalue weighted by atomic mass is 10.2. The first kappa shape index (κ1) is 19.3. The molecule has 0 atom stereocenters. The van der Waals surface area contributed by atoms with Crippen LogP contribution in [-0.4, -0.2) is 19.8 Å². The predicted octanol–water partition coefficient (Wildman–Crippen LogP) is 5.40. The third-order valence-electron chi connectivity index (χ3n) is 3.78. The summed E-state index contributed by atoms with van der Waals surface area (Å²) in [6.45, 7) is 0.194. The fraction of sp³-hybridized carbons (Fsp3) is 0.111. The van der Waals surface area contributed by atoms with Crippen LogP contribution in [0.1, 0.15) is 10.6 Å². The van der Waals surface area contributed by atoms with Gasteiger partial charge in [0, 0.05) is 16.6 Å². The van der Waals surface area contributed by atoms with Crippen molar-refractivity contribution in [1.29, 1.82) is 0 Å². The van der Waals surface area contributed by atoms with Crippen LogP contribution in [0.4, 0.5) is 24.0 Å². The summed E-state index contributed by atoms with van der Waals surface area (Å²) in [5.74, 6) is 0.652. The normalized spacial score (nSPS) is 11.4. The van der Waals surface area contributed by atoms with E-state index in [1.807, 2.05) is 29.6 Å². The molecule has 0 saturated heterocycles. The topological polar surface area (TPSA) is 72.8 Å². The number of hydrogen-bond acceptors (Lipinski definition) is 8. The molecule has 0 aliphatic rings. The molecule has 0 aliphatic carbocycles. The van der Waals surface area contributed by atoms with Gasteiger partial charge in [0.2, 0.25) is 5.13 Å². The number of ether oxygens (including phenoxy) is 1. The van der Waals surface area contributed by atoms with Gasteiger partial charge in [-0.05, 0) is 54.0 Å². The molecule has 0 amide bonds. The Balaban J connectivity index is 1.36. The average Bonchev–Trinajstić information content (AvgIpc) is 3.39. The summed E-state index contributed by atoms with van der Waals surface area (Å²) < 4.78 is 47.9. The molecule has 0 fully saturated rings. The summed E-state index contributed by atoms with van der Waals surface area (Å²) in [5, 5.41) is 17.6. The molecule has 148 valence electrons. The number of hydrogen-bond donors (Lipinski definition) is 1. The summed E-state index contributed by atoms with van der Waals surface area (Å²) in [6.07, 6.45) is -4.40. The molecule has 1 N–H and O–H groups in total. The van der Waals surface area contributed by atoms with Crippen LogP contribution in [-0.2, 0) is 12.8 Å². The zero-order chi connectivity index (χ0) is 20.3. The van der Waals surface area contributed by atoms with E-state index in [0.29, 0.717) is 15.9 Å². The van der Waals surface area contributed by atoms with Crippen LogP contribution >= 0.6 is 22.9 Å². The number of benzene rings is 2. The van der Waals surface area contributed by atoms with E-state index in [1.54, 1.807) is 0 Å². The van der Waals surface area contributed by atoms with Crippen molar-refractivity contribution < 1.29 is 17.9 Å². The molecule has 0 saturated carbocycles. The number of anilines is 2. The van der Waals surface area contributed by atoms with Gasteiger partial charge in [-0.25, -0.2) is 0 Å². The highest BCUT2D eigenvalue weighted by atomic mass is 32.1. The quantitative estimate of drug-likeness (QED) is 0.437. The number of rotatable bonds is 6. The van der Waals surface area contributed by atoms with Gasteiger partial charge in [0.25, 0.3) is 0 Å². The Morgan fingerprint density at radius 3 is 2.55 bits per heavy atom. The first-order valence-electron chi connectivity index (χ1n) is 8.24. The molecular formula is C18H12F3N5OS2. The van der Waals surface area contributed by atoms with E-state index in [2.05, 4.69) is 25.1 Å². The first-order valence-corrected chi connectivity index (χ1v) is 9.90. The van der Waals surface area contributed by atoms with Crippen LogP contribution in [0.3, 0.4) is 0 Å². The van der Waals surface area contributed by atoms with Crippen molar-refractivity contribution in [2.24, 2.45) is 0 Å². The van der Waals surface area contributed by atoms with Crippen LogP contribution in [0.2, 0.25) is 0 Å². The Morgan fingerprint density at radius 1 is 1.00 bits per heavy atom. The lowest BCUT2D eigenvalue weighted by Crippen LogP contribution is -2.05. The molecule has 0 radical (unpaired) electrons. The molecule has 0 bridgehead atoms. The molecule has 4 aromatic rings.